The van der Waals surface area contributed by atoms with Gasteiger partial charge in [-0.2, -0.15) is 11.8 Å². The zero-order chi connectivity index (χ0) is 17.3. The van der Waals surface area contributed by atoms with Crippen molar-refractivity contribution in [2.24, 2.45) is 5.92 Å². The molecular weight excluding hydrogens is 330 g/mol. The van der Waals surface area contributed by atoms with Gasteiger partial charge in [-0.15, -0.1) is 0 Å². The zero-order valence-corrected chi connectivity index (χ0v) is 15.9. The van der Waals surface area contributed by atoms with Crippen LogP contribution in [0.25, 0.3) is 0 Å². The SMILES string of the molecule is O=C(NCC1CCCN(CCSCc2ccccc2)C1)C1CCCN1. The van der Waals surface area contributed by atoms with Crippen LogP contribution in [0.5, 0.6) is 0 Å². The average molecular weight is 362 g/mol. The van der Waals surface area contributed by atoms with Crippen LogP contribution in [0.1, 0.15) is 31.2 Å². The van der Waals surface area contributed by atoms with Gasteiger partial charge in [-0.3, -0.25) is 4.79 Å². The quantitative estimate of drug-likeness (QED) is 0.699. The summed E-state index contributed by atoms with van der Waals surface area (Å²) in [4.78, 5) is 14.7. The molecule has 3 rings (SSSR count). The van der Waals surface area contributed by atoms with E-state index in [1.165, 1.54) is 30.7 Å². The van der Waals surface area contributed by atoms with Gasteiger partial charge in [-0.05, 0) is 50.3 Å². The van der Waals surface area contributed by atoms with Crippen molar-refractivity contribution in [2.75, 3.05) is 38.5 Å². The first-order chi connectivity index (χ1) is 12.3. The van der Waals surface area contributed by atoms with E-state index in [1.807, 2.05) is 11.8 Å². The molecule has 0 aromatic heterocycles. The van der Waals surface area contributed by atoms with Crippen molar-refractivity contribution >= 4 is 17.7 Å². The van der Waals surface area contributed by atoms with E-state index in [0.29, 0.717) is 5.92 Å². The van der Waals surface area contributed by atoms with Gasteiger partial charge >= 0.3 is 0 Å². The summed E-state index contributed by atoms with van der Waals surface area (Å²) in [6.45, 7) is 5.32. The van der Waals surface area contributed by atoms with Crippen LogP contribution in [0, 0.1) is 5.92 Å². The van der Waals surface area contributed by atoms with E-state index in [2.05, 4.69) is 45.9 Å². The summed E-state index contributed by atoms with van der Waals surface area (Å²) in [5.74, 6) is 3.09. The van der Waals surface area contributed by atoms with E-state index in [0.717, 1.165) is 44.8 Å². The molecule has 25 heavy (non-hydrogen) atoms. The fraction of sp³-hybridized carbons (Fsp3) is 0.650. The molecule has 2 atom stereocenters. The Morgan fingerprint density at radius 2 is 2.12 bits per heavy atom. The number of piperidine rings is 1. The molecule has 0 bridgehead atoms. The Bertz CT molecular complexity index is 519. The van der Waals surface area contributed by atoms with E-state index in [-0.39, 0.29) is 11.9 Å². The predicted molar refractivity (Wildman–Crippen MR) is 106 cm³/mol. The van der Waals surface area contributed by atoms with Crippen molar-refractivity contribution in [2.45, 2.75) is 37.5 Å². The summed E-state index contributed by atoms with van der Waals surface area (Å²) in [5.41, 5.74) is 1.41. The molecule has 0 saturated carbocycles. The molecule has 1 amide bonds. The van der Waals surface area contributed by atoms with Crippen LogP contribution in [0.2, 0.25) is 0 Å². The molecule has 2 N–H and O–H groups in total. The van der Waals surface area contributed by atoms with Gasteiger partial charge in [0, 0.05) is 31.1 Å². The summed E-state index contributed by atoms with van der Waals surface area (Å²) in [6, 6.07) is 10.7. The minimum absolute atomic E-state index is 0.0501. The van der Waals surface area contributed by atoms with Crippen molar-refractivity contribution < 1.29 is 4.79 Å². The Morgan fingerprint density at radius 1 is 1.24 bits per heavy atom. The lowest BCUT2D eigenvalue weighted by atomic mass is 9.98. The summed E-state index contributed by atoms with van der Waals surface area (Å²) >= 11 is 2.02. The smallest absolute Gasteiger partial charge is 0.237 e. The number of benzene rings is 1. The van der Waals surface area contributed by atoms with Gasteiger partial charge in [0.15, 0.2) is 0 Å². The maximum Gasteiger partial charge on any atom is 0.237 e. The van der Waals surface area contributed by atoms with Gasteiger partial charge in [-0.25, -0.2) is 0 Å². The molecule has 2 aliphatic heterocycles. The average Bonchev–Trinajstić information content (AvgIpc) is 3.19. The first kappa shape index (κ1) is 18.7. The molecule has 2 unspecified atom stereocenters. The molecule has 1 aromatic carbocycles. The van der Waals surface area contributed by atoms with Crippen LogP contribution in [0.15, 0.2) is 30.3 Å². The highest BCUT2D eigenvalue weighted by molar-refractivity contribution is 7.98. The first-order valence-electron chi connectivity index (χ1n) is 9.66. The van der Waals surface area contributed by atoms with Crippen molar-refractivity contribution in [3.05, 3.63) is 35.9 Å². The number of likely N-dealkylation sites (tertiary alicyclic amines) is 1. The number of hydrogen-bond acceptors (Lipinski definition) is 4. The largest absolute Gasteiger partial charge is 0.354 e. The van der Waals surface area contributed by atoms with Gasteiger partial charge in [0.2, 0.25) is 5.91 Å². The van der Waals surface area contributed by atoms with Gasteiger partial charge in [0.25, 0.3) is 0 Å². The molecular formula is C20H31N3OS. The number of carbonyl (C=O) groups is 1. The molecule has 2 heterocycles. The Labute approximate surface area is 156 Å². The first-order valence-corrected chi connectivity index (χ1v) is 10.8. The van der Waals surface area contributed by atoms with E-state index in [9.17, 15) is 4.79 Å². The van der Waals surface area contributed by atoms with Crippen LogP contribution >= 0.6 is 11.8 Å². The number of amides is 1. The van der Waals surface area contributed by atoms with Crippen LogP contribution in [0.4, 0.5) is 0 Å². The number of thioether (sulfide) groups is 1. The van der Waals surface area contributed by atoms with Gasteiger partial charge < -0.3 is 15.5 Å². The highest BCUT2D eigenvalue weighted by atomic mass is 32.2. The molecule has 2 fully saturated rings. The van der Waals surface area contributed by atoms with Gasteiger partial charge in [0.05, 0.1) is 6.04 Å². The Kier molecular flexibility index (Phi) is 7.64. The van der Waals surface area contributed by atoms with Crippen LogP contribution in [-0.2, 0) is 10.5 Å². The Hall–Kier alpha value is -1.04. The Balaban J connectivity index is 1.30. The second-order valence-corrected chi connectivity index (χ2v) is 8.35. The van der Waals surface area contributed by atoms with Crippen LogP contribution in [0.3, 0.4) is 0 Å². The predicted octanol–water partition coefficient (Wildman–Crippen LogP) is 2.50. The lowest BCUT2D eigenvalue weighted by Gasteiger charge is -2.33. The standard InChI is InChI=1S/C20H31N3OS/c24-20(19-9-4-10-21-19)22-14-18-8-5-11-23(15-18)12-13-25-16-17-6-2-1-3-7-17/h1-3,6-7,18-19,21H,4-5,8-16H2,(H,22,24). The van der Waals surface area contributed by atoms with Crippen molar-refractivity contribution in [3.63, 3.8) is 0 Å². The minimum Gasteiger partial charge on any atom is -0.354 e. The maximum atomic E-state index is 12.1. The van der Waals surface area contributed by atoms with Crippen molar-refractivity contribution in [3.8, 4) is 0 Å². The van der Waals surface area contributed by atoms with E-state index in [4.69, 9.17) is 0 Å². The fourth-order valence-electron chi connectivity index (χ4n) is 3.76. The molecule has 0 radical (unpaired) electrons. The zero-order valence-electron chi connectivity index (χ0n) is 15.1. The number of nitrogens with one attached hydrogen (secondary N) is 2. The third kappa shape index (κ3) is 6.32. The molecule has 1 aromatic rings. The summed E-state index contributed by atoms with van der Waals surface area (Å²) in [5, 5.41) is 6.45. The minimum atomic E-state index is 0.0501. The molecule has 0 spiro atoms. The van der Waals surface area contributed by atoms with Crippen LogP contribution < -0.4 is 10.6 Å². The van der Waals surface area contributed by atoms with Crippen molar-refractivity contribution in [1.82, 2.24) is 15.5 Å². The lowest BCUT2D eigenvalue weighted by Crippen LogP contribution is -2.45. The van der Waals surface area contributed by atoms with Crippen molar-refractivity contribution in [1.29, 1.82) is 0 Å². The molecule has 138 valence electrons. The second-order valence-electron chi connectivity index (χ2n) is 7.24. The summed E-state index contributed by atoms with van der Waals surface area (Å²) < 4.78 is 0. The normalized spacial score (nSPS) is 24.3. The third-order valence-electron chi connectivity index (χ3n) is 5.21. The molecule has 0 aliphatic carbocycles. The summed E-state index contributed by atoms with van der Waals surface area (Å²) in [6.07, 6.45) is 4.61. The van der Waals surface area contributed by atoms with Gasteiger partial charge in [0.1, 0.15) is 0 Å². The molecule has 2 saturated heterocycles. The molecule has 2 aliphatic rings. The maximum absolute atomic E-state index is 12.1. The lowest BCUT2D eigenvalue weighted by molar-refractivity contribution is -0.123. The third-order valence-corrected chi connectivity index (χ3v) is 6.22. The van der Waals surface area contributed by atoms with Crippen LogP contribution in [-0.4, -0.2) is 55.3 Å². The van der Waals surface area contributed by atoms with E-state index < -0.39 is 0 Å². The number of nitrogens with zero attached hydrogens (tertiary/aromatic N) is 1. The van der Waals surface area contributed by atoms with E-state index >= 15 is 0 Å². The number of carbonyl (C=O) groups excluding carboxylic acids is 1. The monoisotopic (exact) mass is 361 g/mol. The molecule has 5 heteroatoms. The highest BCUT2D eigenvalue weighted by Crippen LogP contribution is 2.18. The van der Waals surface area contributed by atoms with E-state index in [1.54, 1.807) is 0 Å². The number of rotatable bonds is 8. The van der Waals surface area contributed by atoms with Gasteiger partial charge in [-0.1, -0.05) is 30.3 Å². The topological polar surface area (TPSA) is 44.4 Å². The Morgan fingerprint density at radius 3 is 2.92 bits per heavy atom. The molecule has 4 nitrogen and oxygen atoms in total. The number of hydrogen-bond donors (Lipinski definition) is 2. The summed E-state index contributed by atoms with van der Waals surface area (Å²) in [7, 11) is 0. The second kappa shape index (κ2) is 10.2. The fourth-order valence-corrected chi connectivity index (χ4v) is 4.72. The highest BCUT2D eigenvalue weighted by Gasteiger charge is 2.24.